The summed E-state index contributed by atoms with van der Waals surface area (Å²) in [6.45, 7) is 11.5. The van der Waals surface area contributed by atoms with Crippen molar-refractivity contribution in [3.05, 3.63) is 53.2 Å². The van der Waals surface area contributed by atoms with Gasteiger partial charge in [0.05, 0.1) is 29.7 Å². The van der Waals surface area contributed by atoms with Gasteiger partial charge in [-0.1, -0.05) is 26.0 Å². The van der Waals surface area contributed by atoms with E-state index < -0.39 is 0 Å². The molecule has 1 fully saturated rings. The first-order chi connectivity index (χ1) is 15.1. The maximum atomic E-state index is 12.5. The highest BCUT2D eigenvalue weighted by Gasteiger charge is 2.27. The third-order valence-electron chi connectivity index (χ3n) is 5.94. The largest absolute Gasteiger partial charge is 0.455 e. The minimum Gasteiger partial charge on any atom is -0.455 e. The van der Waals surface area contributed by atoms with Crippen LogP contribution in [0, 0.1) is 6.92 Å². The number of fused-ring (bicyclic) bond motifs is 1. The van der Waals surface area contributed by atoms with Gasteiger partial charge in [-0.3, -0.25) is 0 Å². The van der Waals surface area contributed by atoms with Crippen LogP contribution >= 0.6 is 0 Å². The monoisotopic (exact) mass is 422 g/mol. The van der Waals surface area contributed by atoms with Crippen LogP contribution in [0.1, 0.15) is 35.3 Å². The lowest BCUT2D eigenvalue weighted by Gasteiger charge is -2.36. The van der Waals surface area contributed by atoms with Crippen molar-refractivity contribution >= 4 is 23.2 Å². The van der Waals surface area contributed by atoms with Gasteiger partial charge in [0.15, 0.2) is 0 Å². The first kappa shape index (κ1) is 21.5. The molecule has 0 spiro atoms. The molecular formula is C24H30N4O3. The topological polar surface area (TPSA) is 67.3 Å². The quantitative estimate of drug-likeness (QED) is 0.666. The van der Waals surface area contributed by atoms with Crippen LogP contribution in [0.4, 0.5) is 11.5 Å². The number of carbonyl (C=O) groups is 1. The zero-order valence-electron chi connectivity index (χ0n) is 18.5. The minimum absolute atomic E-state index is 0.124. The summed E-state index contributed by atoms with van der Waals surface area (Å²) in [5, 5.41) is 0. The summed E-state index contributed by atoms with van der Waals surface area (Å²) in [5.41, 5.74) is 3.66. The van der Waals surface area contributed by atoms with Crippen molar-refractivity contribution in [2.75, 3.05) is 50.8 Å². The zero-order valence-corrected chi connectivity index (χ0v) is 18.5. The van der Waals surface area contributed by atoms with Crippen LogP contribution < -0.4 is 4.90 Å². The Labute approximate surface area is 183 Å². The van der Waals surface area contributed by atoms with Crippen LogP contribution in [0.2, 0.25) is 0 Å². The van der Waals surface area contributed by atoms with Gasteiger partial charge >= 0.3 is 5.97 Å². The van der Waals surface area contributed by atoms with Gasteiger partial charge < -0.3 is 19.3 Å². The molecule has 0 saturated carbocycles. The van der Waals surface area contributed by atoms with Crippen molar-refractivity contribution in [3.8, 4) is 0 Å². The maximum absolute atomic E-state index is 12.5. The number of ether oxygens (including phenoxy) is 2. The fraction of sp³-hybridized carbons (Fsp3) is 0.458. The zero-order chi connectivity index (χ0) is 21.8. The fourth-order valence-electron chi connectivity index (χ4n) is 4.20. The third kappa shape index (κ3) is 4.62. The van der Waals surface area contributed by atoms with Crippen LogP contribution in [0.15, 0.2) is 41.5 Å². The normalized spacial score (nSPS) is 19.0. The molecule has 2 aliphatic heterocycles. The molecule has 2 aliphatic rings. The van der Waals surface area contributed by atoms with E-state index in [0.29, 0.717) is 23.6 Å². The van der Waals surface area contributed by atoms with Crippen LogP contribution in [0.3, 0.4) is 0 Å². The number of rotatable bonds is 6. The predicted molar refractivity (Wildman–Crippen MR) is 122 cm³/mol. The predicted octanol–water partition coefficient (Wildman–Crippen LogP) is 3.23. The number of aromatic nitrogens is 1. The number of cyclic esters (lactones) is 1. The Morgan fingerprint density at radius 1 is 1.19 bits per heavy atom. The number of hydrogen-bond donors (Lipinski definition) is 0. The van der Waals surface area contributed by atoms with Crippen molar-refractivity contribution in [1.82, 2.24) is 9.88 Å². The number of hydrogen-bond acceptors (Lipinski definition) is 7. The number of aliphatic imine (C=N–C) groups is 1. The lowest BCUT2D eigenvalue weighted by molar-refractivity contribution is 0.0174. The van der Waals surface area contributed by atoms with E-state index in [1.54, 1.807) is 6.20 Å². The third-order valence-corrected chi connectivity index (χ3v) is 5.94. The molecule has 1 saturated heterocycles. The number of morpholine rings is 1. The van der Waals surface area contributed by atoms with Crippen LogP contribution in [-0.2, 0) is 9.47 Å². The van der Waals surface area contributed by atoms with Crippen molar-refractivity contribution in [1.29, 1.82) is 0 Å². The molecule has 4 rings (SSSR count). The molecule has 0 amide bonds. The average molecular weight is 423 g/mol. The molecule has 2 aromatic rings. The Morgan fingerprint density at radius 2 is 2.03 bits per heavy atom. The number of benzene rings is 1. The van der Waals surface area contributed by atoms with Crippen LogP contribution in [0.25, 0.3) is 0 Å². The van der Waals surface area contributed by atoms with Gasteiger partial charge in [0.25, 0.3) is 0 Å². The van der Waals surface area contributed by atoms with Crippen LogP contribution in [-0.4, -0.2) is 73.6 Å². The van der Waals surface area contributed by atoms with Crippen molar-refractivity contribution in [2.24, 2.45) is 4.99 Å². The Morgan fingerprint density at radius 3 is 2.84 bits per heavy atom. The molecule has 1 unspecified atom stereocenters. The summed E-state index contributed by atoms with van der Waals surface area (Å²) in [5.74, 6) is 0.532. The van der Waals surface area contributed by atoms with Gasteiger partial charge in [-0.2, -0.15) is 0 Å². The molecule has 7 heteroatoms. The molecule has 7 nitrogen and oxygen atoms in total. The molecule has 0 N–H and O–H groups in total. The molecule has 1 aromatic carbocycles. The van der Waals surface area contributed by atoms with E-state index in [1.165, 1.54) is 0 Å². The van der Waals surface area contributed by atoms with E-state index in [9.17, 15) is 4.79 Å². The molecule has 31 heavy (non-hydrogen) atoms. The second kappa shape index (κ2) is 9.58. The number of pyridine rings is 1. The molecular weight excluding hydrogens is 392 g/mol. The van der Waals surface area contributed by atoms with Crippen molar-refractivity contribution in [3.63, 3.8) is 0 Å². The SMILES string of the molecule is CCN(CC)CC1CN(c2ncccc2C2=Nc3cccc(C)c3C(=O)OC2)CCO1. The van der Waals surface area contributed by atoms with E-state index in [1.807, 2.05) is 37.3 Å². The number of aryl methyl sites for hydroxylation is 1. The van der Waals surface area contributed by atoms with Crippen molar-refractivity contribution in [2.45, 2.75) is 26.9 Å². The lowest BCUT2D eigenvalue weighted by Crippen LogP contribution is -2.48. The Bertz CT molecular complexity index is 971. The average Bonchev–Trinajstić information content (AvgIpc) is 2.97. The highest BCUT2D eigenvalue weighted by Crippen LogP contribution is 2.29. The van der Waals surface area contributed by atoms with E-state index >= 15 is 0 Å². The van der Waals surface area contributed by atoms with E-state index in [4.69, 9.17) is 19.5 Å². The molecule has 3 heterocycles. The van der Waals surface area contributed by atoms with E-state index in [2.05, 4.69) is 23.6 Å². The first-order valence-corrected chi connectivity index (χ1v) is 11.0. The van der Waals surface area contributed by atoms with Crippen LogP contribution in [0.5, 0.6) is 0 Å². The maximum Gasteiger partial charge on any atom is 0.340 e. The number of carbonyl (C=O) groups excluding carboxylic acids is 1. The van der Waals surface area contributed by atoms with E-state index in [0.717, 1.165) is 49.7 Å². The molecule has 1 atom stereocenters. The molecule has 1 aromatic heterocycles. The standard InChI is InChI=1S/C24H30N4O3/c1-4-27(5-2)14-18-15-28(12-13-30-18)23-19(9-7-11-25-23)21-16-31-24(29)22-17(3)8-6-10-20(22)26-21/h6-11,18H,4-5,12-16H2,1-3H3. The molecule has 164 valence electrons. The van der Waals surface area contributed by atoms with Gasteiger partial charge in [-0.05, 0) is 43.8 Å². The molecule has 0 radical (unpaired) electrons. The Balaban J connectivity index is 1.64. The summed E-state index contributed by atoms with van der Waals surface area (Å²) >= 11 is 0. The Hall–Kier alpha value is -2.77. The number of likely N-dealkylation sites (N-methyl/N-ethyl adjacent to an activating group) is 1. The fourth-order valence-corrected chi connectivity index (χ4v) is 4.20. The van der Waals surface area contributed by atoms with Gasteiger partial charge in [0, 0.05) is 31.4 Å². The summed E-state index contributed by atoms with van der Waals surface area (Å²) in [4.78, 5) is 26.7. The second-order valence-electron chi connectivity index (χ2n) is 7.90. The second-order valence-corrected chi connectivity index (χ2v) is 7.90. The summed E-state index contributed by atoms with van der Waals surface area (Å²) in [6, 6.07) is 9.58. The minimum atomic E-state index is -0.331. The van der Waals surface area contributed by atoms with Gasteiger partial charge in [0.1, 0.15) is 12.4 Å². The molecule has 0 bridgehead atoms. The van der Waals surface area contributed by atoms with Gasteiger partial charge in [-0.15, -0.1) is 0 Å². The number of anilines is 1. The first-order valence-electron chi connectivity index (χ1n) is 11.0. The number of nitrogens with zero attached hydrogens (tertiary/aromatic N) is 4. The lowest BCUT2D eigenvalue weighted by atomic mass is 10.1. The summed E-state index contributed by atoms with van der Waals surface area (Å²) in [7, 11) is 0. The molecule has 0 aliphatic carbocycles. The highest BCUT2D eigenvalue weighted by atomic mass is 16.5. The summed E-state index contributed by atoms with van der Waals surface area (Å²) < 4.78 is 11.6. The number of esters is 1. The van der Waals surface area contributed by atoms with Gasteiger partial charge in [-0.25, -0.2) is 14.8 Å². The van der Waals surface area contributed by atoms with E-state index in [-0.39, 0.29) is 18.7 Å². The smallest absolute Gasteiger partial charge is 0.340 e. The summed E-state index contributed by atoms with van der Waals surface area (Å²) in [6.07, 6.45) is 1.93. The Kier molecular flexibility index (Phi) is 6.63. The van der Waals surface area contributed by atoms with Crippen molar-refractivity contribution < 1.29 is 14.3 Å². The van der Waals surface area contributed by atoms with Gasteiger partial charge in [0.2, 0.25) is 0 Å². The highest BCUT2D eigenvalue weighted by molar-refractivity contribution is 6.10.